The van der Waals surface area contributed by atoms with Crippen LogP contribution in [0.15, 0.2) is 44.6 Å². The van der Waals surface area contributed by atoms with Crippen molar-refractivity contribution in [2.24, 2.45) is 5.92 Å². The van der Waals surface area contributed by atoms with E-state index in [0.717, 1.165) is 49.6 Å². The first-order chi connectivity index (χ1) is 15.2. The van der Waals surface area contributed by atoms with Crippen molar-refractivity contribution >= 4 is 11.0 Å². The molecule has 8 heteroatoms. The smallest absolute Gasteiger partial charge is 0.334 e. The van der Waals surface area contributed by atoms with Crippen LogP contribution in [0.3, 0.4) is 0 Å². The Balaban J connectivity index is 1.26. The molecule has 0 radical (unpaired) electrons. The molecular formula is C23H29N5O3. The number of nitrogens with zero attached hydrogens (tertiary/aromatic N) is 4. The molecule has 2 aliphatic rings. The average Bonchev–Trinajstić information content (AvgIpc) is 3.19. The number of piperazine rings is 1. The quantitative estimate of drug-likeness (QED) is 0.678. The molecule has 0 unspecified atom stereocenters. The molecule has 0 atom stereocenters. The molecule has 1 aromatic carbocycles. The summed E-state index contributed by atoms with van der Waals surface area (Å²) in [6, 6.07) is 7.30. The molecule has 31 heavy (non-hydrogen) atoms. The van der Waals surface area contributed by atoms with Crippen molar-refractivity contribution in [1.82, 2.24) is 24.5 Å². The number of benzene rings is 1. The predicted octanol–water partition coefficient (Wildman–Crippen LogP) is 2.36. The summed E-state index contributed by atoms with van der Waals surface area (Å²) in [6.45, 7) is 6.52. The first kappa shape index (κ1) is 20.2. The van der Waals surface area contributed by atoms with Gasteiger partial charge in [-0.25, -0.2) is 9.36 Å². The molecule has 1 N–H and O–H groups in total. The van der Waals surface area contributed by atoms with Crippen LogP contribution in [0, 0.1) is 5.92 Å². The minimum atomic E-state index is -0.526. The normalized spacial score (nSPS) is 19.2. The second-order valence-corrected chi connectivity index (χ2v) is 8.90. The van der Waals surface area contributed by atoms with E-state index in [-0.39, 0.29) is 0 Å². The van der Waals surface area contributed by atoms with E-state index in [1.165, 1.54) is 55.5 Å². The van der Waals surface area contributed by atoms with E-state index in [9.17, 15) is 9.59 Å². The Morgan fingerprint density at radius 1 is 1.00 bits per heavy atom. The first-order valence-corrected chi connectivity index (χ1v) is 11.3. The highest BCUT2D eigenvalue weighted by Crippen LogP contribution is 2.25. The first-order valence-electron chi connectivity index (χ1n) is 11.3. The van der Waals surface area contributed by atoms with Crippen LogP contribution in [0.2, 0.25) is 0 Å². The number of nitrogens with one attached hydrogen (secondary N) is 1. The largest absolute Gasteiger partial charge is 0.354 e. The number of hydrogen-bond donors (Lipinski definition) is 1. The van der Waals surface area contributed by atoms with Gasteiger partial charge in [-0.1, -0.05) is 30.5 Å². The third-order valence-electron chi connectivity index (χ3n) is 6.68. The van der Waals surface area contributed by atoms with Crippen LogP contribution in [0.25, 0.3) is 16.8 Å². The Kier molecular flexibility index (Phi) is 5.74. The number of aromatic amines is 1. The maximum atomic E-state index is 12.2. The van der Waals surface area contributed by atoms with Crippen LogP contribution >= 0.6 is 0 Å². The summed E-state index contributed by atoms with van der Waals surface area (Å²) in [5.74, 6) is 1.29. The topological polar surface area (TPSA) is 87.4 Å². The monoisotopic (exact) mass is 423 g/mol. The van der Waals surface area contributed by atoms with Gasteiger partial charge in [-0.15, -0.1) is 0 Å². The van der Waals surface area contributed by atoms with E-state index >= 15 is 0 Å². The van der Waals surface area contributed by atoms with Crippen molar-refractivity contribution in [2.45, 2.75) is 38.6 Å². The van der Waals surface area contributed by atoms with Crippen molar-refractivity contribution in [1.29, 1.82) is 0 Å². The SMILES string of the molecule is O=c1ccn(-c2noc3ccc(CN4CCN(CC5CCCCC5)CC4)cc23)c(=O)[nH]1. The Morgan fingerprint density at radius 2 is 1.77 bits per heavy atom. The molecule has 164 valence electrons. The van der Waals surface area contributed by atoms with Gasteiger partial charge in [0.25, 0.3) is 5.56 Å². The highest BCUT2D eigenvalue weighted by molar-refractivity contribution is 5.84. The van der Waals surface area contributed by atoms with Gasteiger partial charge in [0.15, 0.2) is 11.4 Å². The minimum absolute atomic E-state index is 0.399. The van der Waals surface area contributed by atoms with Crippen molar-refractivity contribution in [3.05, 3.63) is 56.9 Å². The van der Waals surface area contributed by atoms with Gasteiger partial charge in [-0.3, -0.25) is 14.7 Å². The highest BCUT2D eigenvalue weighted by Gasteiger charge is 2.22. The fourth-order valence-electron chi connectivity index (χ4n) is 4.95. The van der Waals surface area contributed by atoms with Crippen molar-refractivity contribution in [2.75, 3.05) is 32.7 Å². The second kappa shape index (κ2) is 8.80. The van der Waals surface area contributed by atoms with Crippen LogP contribution in [0.4, 0.5) is 0 Å². The van der Waals surface area contributed by atoms with E-state index < -0.39 is 11.2 Å². The summed E-state index contributed by atoms with van der Waals surface area (Å²) in [6.07, 6.45) is 8.46. The Hall–Kier alpha value is -2.71. The van der Waals surface area contributed by atoms with Crippen LogP contribution < -0.4 is 11.2 Å². The molecule has 8 nitrogen and oxygen atoms in total. The van der Waals surface area contributed by atoms with Crippen LogP contribution in [0.1, 0.15) is 37.7 Å². The molecular weight excluding hydrogens is 394 g/mol. The van der Waals surface area contributed by atoms with Gasteiger partial charge in [0.2, 0.25) is 0 Å². The molecule has 2 aromatic heterocycles. The zero-order valence-electron chi connectivity index (χ0n) is 17.8. The second-order valence-electron chi connectivity index (χ2n) is 8.90. The summed E-state index contributed by atoms with van der Waals surface area (Å²) in [5.41, 5.74) is 0.823. The molecule has 3 aromatic rings. The lowest BCUT2D eigenvalue weighted by Crippen LogP contribution is -2.47. The fourth-order valence-corrected chi connectivity index (χ4v) is 4.95. The molecule has 3 heterocycles. The number of hydrogen-bond acceptors (Lipinski definition) is 6. The third kappa shape index (κ3) is 4.50. The minimum Gasteiger partial charge on any atom is -0.354 e. The Bertz CT molecular complexity index is 1150. The highest BCUT2D eigenvalue weighted by atomic mass is 16.5. The maximum absolute atomic E-state index is 12.2. The standard InChI is InChI=1S/C23H29N5O3/c29-21-8-9-28(23(30)24-21)22-19-14-18(6-7-20(19)31-25-22)16-27-12-10-26(11-13-27)15-17-4-2-1-3-5-17/h6-9,14,17H,1-5,10-13,15-16H2,(H,24,29,30). The zero-order chi connectivity index (χ0) is 21.2. The molecule has 0 spiro atoms. The van der Waals surface area contributed by atoms with E-state index in [4.69, 9.17) is 4.52 Å². The summed E-state index contributed by atoms with van der Waals surface area (Å²) in [5, 5.41) is 4.82. The Morgan fingerprint density at radius 3 is 2.55 bits per heavy atom. The molecule has 2 fully saturated rings. The summed E-state index contributed by atoms with van der Waals surface area (Å²) >= 11 is 0. The molecule has 1 aliphatic carbocycles. The van der Waals surface area contributed by atoms with Crippen LogP contribution in [-0.2, 0) is 6.54 Å². The van der Waals surface area contributed by atoms with Gasteiger partial charge in [0, 0.05) is 51.5 Å². The number of rotatable bonds is 5. The van der Waals surface area contributed by atoms with Crippen molar-refractivity contribution in [3.8, 4) is 5.82 Å². The molecule has 1 aliphatic heterocycles. The lowest BCUT2D eigenvalue weighted by molar-refractivity contribution is 0.105. The van der Waals surface area contributed by atoms with Gasteiger partial charge in [0.1, 0.15) is 0 Å². The van der Waals surface area contributed by atoms with E-state index in [1.54, 1.807) is 0 Å². The fraction of sp³-hybridized carbons (Fsp3) is 0.522. The van der Waals surface area contributed by atoms with E-state index in [1.807, 2.05) is 12.1 Å². The van der Waals surface area contributed by atoms with Gasteiger partial charge in [-0.05, 0) is 36.5 Å². The average molecular weight is 424 g/mol. The molecule has 0 bridgehead atoms. The molecule has 1 saturated heterocycles. The van der Waals surface area contributed by atoms with Crippen LogP contribution in [0.5, 0.6) is 0 Å². The van der Waals surface area contributed by atoms with Gasteiger partial charge >= 0.3 is 5.69 Å². The number of aromatic nitrogens is 3. The third-order valence-corrected chi connectivity index (χ3v) is 6.68. The van der Waals surface area contributed by atoms with E-state index in [0.29, 0.717) is 11.4 Å². The van der Waals surface area contributed by atoms with E-state index in [2.05, 4.69) is 26.0 Å². The zero-order valence-corrected chi connectivity index (χ0v) is 17.8. The summed E-state index contributed by atoms with van der Waals surface area (Å²) in [7, 11) is 0. The molecule has 0 amide bonds. The van der Waals surface area contributed by atoms with Crippen molar-refractivity contribution in [3.63, 3.8) is 0 Å². The lowest BCUT2D eigenvalue weighted by atomic mass is 9.89. The summed E-state index contributed by atoms with van der Waals surface area (Å²) in [4.78, 5) is 30.9. The lowest BCUT2D eigenvalue weighted by Gasteiger charge is -2.37. The maximum Gasteiger partial charge on any atom is 0.334 e. The van der Waals surface area contributed by atoms with Crippen molar-refractivity contribution < 1.29 is 4.52 Å². The molecule has 5 rings (SSSR count). The predicted molar refractivity (Wildman–Crippen MR) is 119 cm³/mol. The van der Waals surface area contributed by atoms with Crippen LogP contribution in [-0.4, -0.2) is 57.2 Å². The number of fused-ring (bicyclic) bond motifs is 1. The summed E-state index contributed by atoms with van der Waals surface area (Å²) < 4.78 is 6.70. The Labute approximate surface area is 180 Å². The van der Waals surface area contributed by atoms with Gasteiger partial charge in [-0.2, -0.15) is 0 Å². The van der Waals surface area contributed by atoms with Gasteiger partial charge < -0.3 is 9.42 Å². The number of H-pyrrole nitrogens is 1. The molecule has 1 saturated carbocycles. The van der Waals surface area contributed by atoms with Gasteiger partial charge in [0.05, 0.1) is 5.39 Å².